The lowest BCUT2D eigenvalue weighted by Gasteiger charge is -2.49. The van der Waals surface area contributed by atoms with E-state index in [1.54, 1.807) is 24.0 Å². The fraction of sp³-hybridized carbons (Fsp3) is 0.391. The van der Waals surface area contributed by atoms with Crippen molar-refractivity contribution in [3.05, 3.63) is 59.9 Å². The number of rotatable bonds is 4. The van der Waals surface area contributed by atoms with Crippen LogP contribution in [0.3, 0.4) is 0 Å². The average Bonchev–Trinajstić information content (AvgIpc) is 3.33. The first-order valence-electron chi connectivity index (χ1n) is 10.7. The largest absolute Gasteiger partial charge is 0.472 e. The van der Waals surface area contributed by atoms with Gasteiger partial charge in [0.2, 0.25) is 11.8 Å². The molecule has 1 amide bonds. The van der Waals surface area contributed by atoms with Crippen LogP contribution < -0.4 is 4.74 Å². The molecule has 0 radical (unpaired) electrons. The van der Waals surface area contributed by atoms with E-state index in [4.69, 9.17) is 9.15 Å². The molecule has 172 valence electrons. The minimum absolute atomic E-state index is 0.113. The van der Waals surface area contributed by atoms with Crippen molar-refractivity contribution < 1.29 is 27.1 Å². The van der Waals surface area contributed by atoms with Gasteiger partial charge in [-0.25, -0.2) is 15.0 Å². The van der Waals surface area contributed by atoms with Gasteiger partial charge in [0.05, 0.1) is 23.4 Å². The van der Waals surface area contributed by atoms with Crippen LogP contribution in [0.1, 0.15) is 41.0 Å². The zero-order valence-electron chi connectivity index (χ0n) is 17.7. The van der Waals surface area contributed by atoms with Gasteiger partial charge in [-0.05, 0) is 50.3 Å². The zero-order valence-corrected chi connectivity index (χ0v) is 17.7. The van der Waals surface area contributed by atoms with E-state index in [9.17, 15) is 18.0 Å². The number of carbonyl (C=O) groups excluding carboxylic acids is 1. The number of halogens is 3. The number of alkyl halides is 3. The van der Waals surface area contributed by atoms with Gasteiger partial charge < -0.3 is 14.1 Å². The van der Waals surface area contributed by atoms with Gasteiger partial charge in [-0.15, -0.1) is 0 Å². The Kier molecular flexibility index (Phi) is 5.30. The molecular formula is C23H21F3N4O3. The van der Waals surface area contributed by atoms with E-state index in [-0.39, 0.29) is 35.5 Å². The molecule has 1 saturated carbocycles. The normalized spacial score (nSPS) is 22.4. The second-order valence-electron chi connectivity index (χ2n) is 8.43. The minimum atomic E-state index is -4.46. The molecule has 3 aromatic rings. The maximum absolute atomic E-state index is 13.6. The van der Waals surface area contributed by atoms with Gasteiger partial charge in [-0.3, -0.25) is 4.79 Å². The van der Waals surface area contributed by atoms with Crippen LogP contribution in [0.4, 0.5) is 13.2 Å². The van der Waals surface area contributed by atoms with E-state index in [0.717, 1.165) is 25.1 Å². The van der Waals surface area contributed by atoms with Crippen molar-refractivity contribution >= 4 is 5.91 Å². The molecule has 2 bridgehead atoms. The quantitative estimate of drug-likeness (QED) is 0.572. The highest BCUT2D eigenvalue weighted by Crippen LogP contribution is 2.39. The number of amides is 1. The van der Waals surface area contributed by atoms with Crippen molar-refractivity contribution in [1.82, 2.24) is 19.9 Å². The van der Waals surface area contributed by atoms with E-state index in [1.807, 2.05) is 0 Å². The second-order valence-corrected chi connectivity index (χ2v) is 8.43. The Morgan fingerprint density at radius 1 is 1.18 bits per heavy atom. The fourth-order valence-corrected chi connectivity index (χ4v) is 4.65. The topological polar surface area (TPSA) is 81.4 Å². The molecule has 33 heavy (non-hydrogen) atoms. The van der Waals surface area contributed by atoms with Crippen LogP contribution in [0.25, 0.3) is 11.5 Å². The van der Waals surface area contributed by atoms with E-state index < -0.39 is 11.7 Å². The molecular weight excluding hydrogens is 437 g/mol. The van der Waals surface area contributed by atoms with Gasteiger partial charge in [-0.1, -0.05) is 0 Å². The van der Waals surface area contributed by atoms with Gasteiger partial charge in [0.25, 0.3) is 5.91 Å². The molecule has 5 heterocycles. The Labute approximate surface area is 187 Å². The maximum Gasteiger partial charge on any atom is 0.417 e. The number of piperidine rings is 2. The summed E-state index contributed by atoms with van der Waals surface area (Å²) in [7, 11) is 0. The highest BCUT2D eigenvalue weighted by atomic mass is 19.4. The summed E-state index contributed by atoms with van der Waals surface area (Å²) in [5.41, 5.74) is 0.634. The smallest absolute Gasteiger partial charge is 0.417 e. The lowest BCUT2D eigenvalue weighted by molar-refractivity contribution is -0.137. The van der Waals surface area contributed by atoms with Crippen molar-refractivity contribution in [3.8, 4) is 17.3 Å². The summed E-state index contributed by atoms with van der Waals surface area (Å²) in [4.78, 5) is 27.8. The summed E-state index contributed by atoms with van der Waals surface area (Å²) >= 11 is 0. The van der Waals surface area contributed by atoms with Crippen LogP contribution in [0.2, 0.25) is 0 Å². The molecule has 0 unspecified atom stereocenters. The van der Waals surface area contributed by atoms with Gasteiger partial charge in [0.15, 0.2) is 0 Å². The molecule has 10 heteroatoms. The van der Waals surface area contributed by atoms with E-state index in [0.29, 0.717) is 30.1 Å². The van der Waals surface area contributed by atoms with E-state index >= 15 is 0 Å². The number of hydrogen-bond donors (Lipinski definition) is 0. The van der Waals surface area contributed by atoms with Crippen LogP contribution in [-0.2, 0) is 6.18 Å². The molecule has 1 aliphatic carbocycles. The third-order valence-corrected chi connectivity index (χ3v) is 6.22. The highest BCUT2D eigenvalue weighted by Gasteiger charge is 2.45. The number of ether oxygens (including phenoxy) is 1. The number of aromatic nitrogens is 3. The van der Waals surface area contributed by atoms with Crippen LogP contribution in [0.5, 0.6) is 5.88 Å². The number of fused-ring (bicyclic) bond motifs is 3. The lowest BCUT2D eigenvalue weighted by atomic mass is 9.77. The summed E-state index contributed by atoms with van der Waals surface area (Å²) < 4.78 is 49.8. The fourth-order valence-electron chi connectivity index (χ4n) is 4.65. The van der Waals surface area contributed by atoms with Crippen LogP contribution in [-0.4, -0.2) is 44.4 Å². The molecule has 2 aliphatic heterocycles. The molecule has 3 aromatic heterocycles. The first kappa shape index (κ1) is 21.4. The molecule has 3 aliphatic rings. The Morgan fingerprint density at radius 3 is 2.70 bits per heavy atom. The zero-order chi connectivity index (χ0) is 23.2. The third-order valence-electron chi connectivity index (χ3n) is 6.22. The SMILES string of the molecule is Cc1ccc(-c2ncco2)c(C(=O)N2C[C@H]3CC[C@H]2[C@H](Oc2ccc(C(F)(F)F)cn2)C3)n1. The van der Waals surface area contributed by atoms with Crippen molar-refractivity contribution in [2.75, 3.05) is 6.54 Å². The number of oxazole rings is 1. The number of carbonyl (C=O) groups is 1. The van der Waals surface area contributed by atoms with Crippen molar-refractivity contribution in [2.45, 2.75) is 44.5 Å². The predicted octanol–water partition coefficient (Wildman–Crippen LogP) is 4.53. The minimum Gasteiger partial charge on any atom is -0.472 e. The second kappa shape index (κ2) is 8.17. The molecule has 0 aromatic carbocycles. The molecule has 3 fully saturated rings. The number of nitrogens with zero attached hydrogens (tertiary/aromatic N) is 4. The molecule has 2 saturated heterocycles. The summed E-state index contributed by atoms with van der Waals surface area (Å²) in [5.74, 6) is 0.417. The molecule has 6 rings (SSSR count). The monoisotopic (exact) mass is 458 g/mol. The third kappa shape index (κ3) is 4.17. The first-order chi connectivity index (χ1) is 15.8. The number of hydrogen-bond acceptors (Lipinski definition) is 6. The van der Waals surface area contributed by atoms with Gasteiger partial charge >= 0.3 is 6.18 Å². The Hall–Kier alpha value is -3.43. The first-order valence-corrected chi connectivity index (χ1v) is 10.7. The average molecular weight is 458 g/mol. The maximum atomic E-state index is 13.6. The number of pyridine rings is 2. The summed E-state index contributed by atoms with van der Waals surface area (Å²) in [6, 6.07) is 5.50. The van der Waals surface area contributed by atoms with E-state index in [2.05, 4.69) is 15.0 Å². The van der Waals surface area contributed by atoms with Crippen molar-refractivity contribution in [1.29, 1.82) is 0 Å². The Morgan fingerprint density at radius 2 is 2.03 bits per heavy atom. The summed E-state index contributed by atoms with van der Waals surface area (Å²) in [6.45, 7) is 2.38. The van der Waals surface area contributed by atoms with E-state index in [1.165, 1.54) is 18.5 Å². The standard InChI is InChI=1S/C23H21F3N4O3/c1-13-2-5-16(21-27-8-9-32-21)20(29-13)22(31)30-12-14-3-6-17(30)18(10-14)33-19-7-4-15(11-28-19)23(24,25)26/h2,4-5,7-9,11,14,17-18H,3,6,10,12H2,1H3/t14-,17-,18+/m0/s1. The van der Waals surface area contributed by atoms with Crippen LogP contribution in [0.15, 0.2) is 47.3 Å². The molecule has 7 nitrogen and oxygen atoms in total. The lowest BCUT2D eigenvalue weighted by Crippen LogP contribution is -2.59. The predicted molar refractivity (Wildman–Crippen MR) is 110 cm³/mol. The van der Waals surface area contributed by atoms with Gasteiger partial charge in [-0.2, -0.15) is 13.2 Å². The Balaban J connectivity index is 1.39. The molecule has 0 N–H and O–H groups in total. The number of aryl methyl sites for hydroxylation is 1. The van der Waals surface area contributed by atoms with Crippen molar-refractivity contribution in [3.63, 3.8) is 0 Å². The summed E-state index contributed by atoms with van der Waals surface area (Å²) in [6.07, 6.45) is 1.30. The van der Waals surface area contributed by atoms with Crippen LogP contribution in [0, 0.1) is 12.8 Å². The van der Waals surface area contributed by atoms with Crippen LogP contribution >= 0.6 is 0 Å². The Bertz CT molecular complexity index is 1150. The summed E-state index contributed by atoms with van der Waals surface area (Å²) in [5, 5.41) is 0. The molecule has 3 atom stereocenters. The van der Waals surface area contributed by atoms with Crippen molar-refractivity contribution in [2.24, 2.45) is 5.92 Å². The molecule has 0 spiro atoms. The van der Waals surface area contributed by atoms with Gasteiger partial charge in [0, 0.05) is 24.5 Å². The highest BCUT2D eigenvalue weighted by molar-refractivity contribution is 5.98. The van der Waals surface area contributed by atoms with Gasteiger partial charge in [0.1, 0.15) is 18.1 Å².